The van der Waals surface area contributed by atoms with Gasteiger partial charge in [0.15, 0.2) is 5.96 Å². The highest BCUT2D eigenvalue weighted by molar-refractivity contribution is 5.92. The van der Waals surface area contributed by atoms with E-state index in [4.69, 9.17) is 5.73 Å². The lowest BCUT2D eigenvalue weighted by atomic mass is 9.99. The molecule has 0 radical (unpaired) electrons. The van der Waals surface area contributed by atoms with E-state index in [1.807, 2.05) is 12.1 Å². The molecule has 0 bridgehead atoms. The monoisotopic (exact) mass is 330 g/mol. The molecule has 8 heteroatoms. The number of guanidine groups is 1. The molecule has 8 nitrogen and oxygen atoms in total. The lowest BCUT2D eigenvalue weighted by Gasteiger charge is -2.10. The number of hydrogen-bond donors (Lipinski definition) is 2. The van der Waals surface area contributed by atoms with E-state index in [1.165, 1.54) is 22.6 Å². The highest BCUT2D eigenvalue weighted by Gasteiger charge is 2.08. The van der Waals surface area contributed by atoms with Gasteiger partial charge in [0.1, 0.15) is 12.4 Å². The van der Waals surface area contributed by atoms with Crippen LogP contribution < -0.4 is 11.1 Å². The van der Waals surface area contributed by atoms with Crippen LogP contribution in [0.5, 0.6) is 0 Å². The summed E-state index contributed by atoms with van der Waals surface area (Å²) in [6.07, 6.45) is 3.68. The minimum absolute atomic E-state index is 0.0357. The number of benzene rings is 1. The number of nitrogens with two attached hydrogens (primary N) is 1. The van der Waals surface area contributed by atoms with Crippen molar-refractivity contribution in [3.05, 3.63) is 52.3 Å². The first-order valence-corrected chi connectivity index (χ1v) is 7.83. The van der Waals surface area contributed by atoms with Gasteiger partial charge in [-0.1, -0.05) is 26.0 Å². The molecule has 2 rings (SSSR count). The summed E-state index contributed by atoms with van der Waals surface area (Å²) in [6.45, 7) is 5.15. The van der Waals surface area contributed by atoms with E-state index in [0.717, 1.165) is 12.1 Å². The summed E-state index contributed by atoms with van der Waals surface area (Å²) < 4.78 is 1.47. The number of aromatic nitrogens is 2. The smallest absolute Gasteiger partial charge is 0.306 e. The van der Waals surface area contributed by atoms with Crippen molar-refractivity contribution in [3.63, 3.8) is 0 Å². The van der Waals surface area contributed by atoms with Crippen molar-refractivity contribution in [2.24, 2.45) is 10.7 Å². The molecule has 1 atom stereocenters. The van der Waals surface area contributed by atoms with Crippen LogP contribution in [0.1, 0.15) is 31.7 Å². The number of aliphatic imine (C=N–C) groups is 1. The zero-order chi connectivity index (χ0) is 17.5. The number of rotatable bonds is 7. The predicted molar refractivity (Wildman–Crippen MR) is 94.1 cm³/mol. The first-order valence-electron chi connectivity index (χ1n) is 7.83. The largest absolute Gasteiger partial charge is 0.370 e. The van der Waals surface area contributed by atoms with Gasteiger partial charge in [0.05, 0.1) is 18.0 Å². The summed E-state index contributed by atoms with van der Waals surface area (Å²) >= 11 is 0. The maximum atomic E-state index is 10.6. The van der Waals surface area contributed by atoms with E-state index < -0.39 is 4.92 Å². The normalized spacial score (nSPS) is 12.8. The summed E-state index contributed by atoms with van der Waals surface area (Å²) in [4.78, 5) is 14.3. The predicted octanol–water partition coefficient (Wildman–Crippen LogP) is 2.73. The SMILES string of the molecule is CCC(C)c1ccc(NC(N)=NCCn2cc([N+](=O)[O-])cn2)cc1. The molecule has 0 aliphatic carbocycles. The Morgan fingerprint density at radius 3 is 2.75 bits per heavy atom. The van der Waals surface area contributed by atoms with Gasteiger partial charge in [-0.2, -0.15) is 5.10 Å². The van der Waals surface area contributed by atoms with E-state index in [1.54, 1.807) is 0 Å². The van der Waals surface area contributed by atoms with E-state index in [-0.39, 0.29) is 5.69 Å². The van der Waals surface area contributed by atoms with Gasteiger partial charge in [-0.25, -0.2) is 0 Å². The second-order valence-electron chi connectivity index (χ2n) is 5.54. The van der Waals surface area contributed by atoms with Crippen LogP contribution in [0.15, 0.2) is 41.7 Å². The van der Waals surface area contributed by atoms with Gasteiger partial charge in [0.25, 0.3) is 0 Å². The third-order valence-corrected chi connectivity index (χ3v) is 3.81. The molecule has 0 amide bonds. The van der Waals surface area contributed by atoms with Gasteiger partial charge in [0, 0.05) is 5.69 Å². The van der Waals surface area contributed by atoms with Crippen molar-refractivity contribution in [1.82, 2.24) is 9.78 Å². The number of anilines is 1. The Labute approximate surface area is 140 Å². The Hall–Kier alpha value is -2.90. The zero-order valence-corrected chi connectivity index (χ0v) is 13.8. The molecular formula is C16H22N6O2. The third kappa shape index (κ3) is 4.80. The Bertz CT molecular complexity index is 708. The van der Waals surface area contributed by atoms with Gasteiger partial charge in [-0.3, -0.25) is 19.8 Å². The molecule has 1 aromatic carbocycles. The van der Waals surface area contributed by atoms with Crippen LogP contribution in [0.2, 0.25) is 0 Å². The fourth-order valence-electron chi connectivity index (χ4n) is 2.16. The molecule has 128 valence electrons. The molecule has 3 N–H and O–H groups in total. The quantitative estimate of drug-likeness (QED) is 0.351. The van der Waals surface area contributed by atoms with Crippen LogP contribution in [0.25, 0.3) is 0 Å². The second kappa shape index (κ2) is 8.09. The summed E-state index contributed by atoms with van der Waals surface area (Å²) in [5.74, 6) is 0.830. The molecule has 0 fully saturated rings. The van der Waals surface area contributed by atoms with Crippen LogP contribution in [0.4, 0.5) is 11.4 Å². The Balaban J connectivity index is 1.85. The second-order valence-corrected chi connectivity index (χ2v) is 5.54. The van der Waals surface area contributed by atoms with Gasteiger partial charge < -0.3 is 11.1 Å². The molecule has 0 saturated carbocycles. The van der Waals surface area contributed by atoms with E-state index in [0.29, 0.717) is 25.0 Å². The van der Waals surface area contributed by atoms with E-state index >= 15 is 0 Å². The molecule has 0 saturated heterocycles. The third-order valence-electron chi connectivity index (χ3n) is 3.81. The minimum Gasteiger partial charge on any atom is -0.370 e. The van der Waals surface area contributed by atoms with E-state index in [9.17, 15) is 10.1 Å². The van der Waals surface area contributed by atoms with Gasteiger partial charge in [0.2, 0.25) is 0 Å². The average molecular weight is 330 g/mol. The van der Waals surface area contributed by atoms with Crippen molar-refractivity contribution in [2.75, 3.05) is 11.9 Å². The lowest BCUT2D eigenvalue weighted by Crippen LogP contribution is -2.23. The van der Waals surface area contributed by atoms with Crippen molar-refractivity contribution < 1.29 is 4.92 Å². The van der Waals surface area contributed by atoms with Gasteiger partial charge >= 0.3 is 5.69 Å². The molecule has 2 aromatic rings. The molecular weight excluding hydrogens is 308 g/mol. The Kier molecular flexibility index (Phi) is 5.89. The molecule has 24 heavy (non-hydrogen) atoms. The van der Waals surface area contributed by atoms with Crippen molar-refractivity contribution in [1.29, 1.82) is 0 Å². The highest BCUT2D eigenvalue weighted by atomic mass is 16.6. The molecule has 0 spiro atoms. The molecule has 1 unspecified atom stereocenters. The number of nitrogens with zero attached hydrogens (tertiary/aromatic N) is 4. The summed E-state index contributed by atoms with van der Waals surface area (Å²) in [5.41, 5.74) is 7.98. The average Bonchev–Trinajstić information content (AvgIpc) is 3.04. The number of hydrogen-bond acceptors (Lipinski definition) is 4. The maximum absolute atomic E-state index is 10.6. The zero-order valence-electron chi connectivity index (χ0n) is 13.8. The van der Waals surface area contributed by atoms with Gasteiger partial charge in [-0.05, 0) is 30.0 Å². The Morgan fingerprint density at radius 1 is 1.46 bits per heavy atom. The summed E-state index contributed by atoms with van der Waals surface area (Å²) in [7, 11) is 0. The van der Waals surface area contributed by atoms with Crippen molar-refractivity contribution in [2.45, 2.75) is 32.7 Å². The minimum atomic E-state index is -0.480. The first-order chi connectivity index (χ1) is 11.5. The molecule has 1 aromatic heterocycles. The lowest BCUT2D eigenvalue weighted by molar-refractivity contribution is -0.385. The van der Waals surface area contributed by atoms with E-state index in [2.05, 4.69) is 41.4 Å². The van der Waals surface area contributed by atoms with Crippen LogP contribution >= 0.6 is 0 Å². The first kappa shape index (κ1) is 17.5. The Morgan fingerprint density at radius 2 is 2.17 bits per heavy atom. The highest BCUT2D eigenvalue weighted by Crippen LogP contribution is 2.20. The van der Waals surface area contributed by atoms with Crippen molar-refractivity contribution >= 4 is 17.3 Å². The van der Waals surface area contributed by atoms with Crippen LogP contribution in [0, 0.1) is 10.1 Å². The van der Waals surface area contributed by atoms with Crippen LogP contribution in [-0.4, -0.2) is 27.2 Å². The molecule has 0 aliphatic heterocycles. The molecule has 0 aliphatic rings. The van der Waals surface area contributed by atoms with Crippen LogP contribution in [0.3, 0.4) is 0 Å². The van der Waals surface area contributed by atoms with Gasteiger partial charge in [-0.15, -0.1) is 0 Å². The standard InChI is InChI=1S/C16H22N6O2/c1-3-12(2)13-4-6-14(7-5-13)20-16(17)18-8-9-21-11-15(10-19-21)22(23)24/h4-7,10-12H,3,8-9H2,1-2H3,(H3,17,18,20). The summed E-state index contributed by atoms with van der Waals surface area (Å²) in [6, 6.07) is 8.10. The fraction of sp³-hybridized carbons (Fsp3) is 0.375. The number of nitro groups is 1. The molecule has 1 heterocycles. The topological polar surface area (TPSA) is 111 Å². The number of nitrogens with one attached hydrogen (secondary N) is 1. The fourth-order valence-corrected chi connectivity index (χ4v) is 2.16. The van der Waals surface area contributed by atoms with Crippen molar-refractivity contribution in [3.8, 4) is 0 Å². The summed E-state index contributed by atoms with van der Waals surface area (Å²) in [5, 5.41) is 17.5. The maximum Gasteiger partial charge on any atom is 0.306 e. The van der Waals surface area contributed by atoms with Crippen LogP contribution in [-0.2, 0) is 6.54 Å².